The van der Waals surface area contributed by atoms with E-state index in [-0.39, 0.29) is 21.8 Å². The van der Waals surface area contributed by atoms with E-state index >= 15 is 0 Å². The average molecular weight is 350 g/mol. The molecule has 0 atom stereocenters. The number of methoxy groups -OCH3 is 1. The number of amides is 2. The van der Waals surface area contributed by atoms with Crippen molar-refractivity contribution in [1.29, 1.82) is 0 Å². The normalized spacial score (nSPS) is 9.92. The fourth-order valence-corrected chi connectivity index (χ4v) is 2.14. The van der Waals surface area contributed by atoms with Gasteiger partial charge in [-0.15, -0.1) is 0 Å². The van der Waals surface area contributed by atoms with E-state index in [1.54, 1.807) is 18.2 Å². The number of ether oxygens (including phenoxy) is 1. The highest BCUT2D eigenvalue weighted by atomic mass is 35.5. The molecule has 2 N–H and O–H groups in total. The number of carbonyl (C=O) groups excluding carboxylic acids is 2. The van der Waals surface area contributed by atoms with Gasteiger partial charge in [-0.1, -0.05) is 23.7 Å². The number of nitro benzene ring substituents is 1. The summed E-state index contributed by atoms with van der Waals surface area (Å²) in [6, 6.07) is 9.87. The van der Waals surface area contributed by atoms with Gasteiger partial charge in [-0.25, -0.2) is 0 Å². The SMILES string of the molecule is COc1ccccc1C(=O)NNC(=O)c1ccc([N+](=O)[O-])cc1Cl. The van der Waals surface area contributed by atoms with E-state index < -0.39 is 16.7 Å². The third kappa shape index (κ3) is 3.79. The van der Waals surface area contributed by atoms with Crippen LogP contribution in [0, 0.1) is 10.1 Å². The van der Waals surface area contributed by atoms with Crippen molar-refractivity contribution in [2.45, 2.75) is 0 Å². The molecule has 0 spiro atoms. The second-order valence-electron chi connectivity index (χ2n) is 4.53. The van der Waals surface area contributed by atoms with Crippen molar-refractivity contribution in [2.75, 3.05) is 7.11 Å². The number of hydrogen-bond donors (Lipinski definition) is 2. The second kappa shape index (κ2) is 7.42. The Hall–Kier alpha value is -3.13. The molecule has 0 radical (unpaired) electrons. The maximum Gasteiger partial charge on any atom is 0.273 e. The predicted molar refractivity (Wildman–Crippen MR) is 86.0 cm³/mol. The summed E-state index contributed by atoms with van der Waals surface area (Å²) < 4.78 is 5.05. The molecular formula is C15H12ClN3O5. The quantitative estimate of drug-likeness (QED) is 0.650. The number of hydrogen-bond acceptors (Lipinski definition) is 5. The van der Waals surface area contributed by atoms with Crippen LogP contribution in [0.3, 0.4) is 0 Å². The highest BCUT2D eigenvalue weighted by Crippen LogP contribution is 2.22. The molecule has 2 amide bonds. The minimum atomic E-state index is -0.710. The maximum absolute atomic E-state index is 12.1. The maximum atomic E-state index is 12.1. The molecule has 0 aliphatic carbocycles. The largest absolute Gasteiger partial charge is 0.496 e. The molecule has 0 saturated carbocycles. The zero-order valence-corrected chi connectivity index (χ0v) is 13.2. The summed E-state index contributed by atoms with van der Waals surface area (Å²) in [5, 5.41) is 10.5. The molecule has 8 nitrogen and oxygen atoms in total. The summed E-state index contributed by atoms with van der Waals surface area (Å²) in [6.45, 7) is 0. The zero-order chi connectivity index (χ0) is 17.7. The van der Waals surface area contributed by atoms with Crippen molar-refractivity contribution in [3.8, 4) is 5.75 Å². The molecule has 0 bridgehead atoms. The lowest BCUT2D eigenvalue weighted by molar-refractivity contribution is -0.384. The molecule has 24 heavy (non-hydrogen) atoms. The molecule has 0 heterocycles. The van der Waals surface area contributed by atoms with Crippen LogP contribution in [0.2, 0.25) is 5.02 Å². The number of nitrogens with zero attached hydrogens (tertiary/aromatic N) is 1. The fraction of sp³-hybridized carbons (Fsp3) is 0.0667. The van der Waals surface area contributed by atoms with Crippen LogP contribution in [0.4, 0.5) is 5.69 Å². The zero-order valence-electron chi connectivity index (χ0n) is 12.4. The molecule has 0 aliphatic heterocycles. The number of para-hydroxylation sites is 1. The lowest BCUT2D eigenvalue weighted by Gasteiger charge is -2.10. The van der Waals surface area contributed by atoms with Crippen LogP contribution in [0.5, 0.6) is 5.75 Å². The molecule has 0 fully saturated rings. The van der Waals surface area contributed by atoms with Gasteiger partial charge in [-0.2, -0.15) is 0 Å². The third-order valence-electron chi connectivity index (χ3n) is 3.05. The fourth-order valence-electron chi connectivity index (χ4n) is 1.88. The first-order valence-electron chi connectivity index (χ1n) is 6.61. The Morgan fingerprint density at radius 1 is 1.08 bits per heavy atom. The number of non-ortho nitro benzene ring substituents is 1. The minimum absolute atomic E-state index is 0.0115. The first-order valence-corrected chi connectivity index (χ1v) is 6.99. The van der Waals surface area contributed by atoms with Gasteiger partial charge in [0.2, 0.25) is 0 Å². The van der Waals surface area contributed by atoms with Gasteiger partial charge >= 0.3 is 0 Å². The van der Waals surface area contributed by atoms with E-state index in [1.807, 2.05) is 0 Å². The van der Waals surface area contributed by atoms with Crippen LogP contribution in [-0.4, -0.2) is 23.8 Å². The summed E-state index contributed by atoms with van der Waals surface area (Å²) in [4.78, 5) is 34.1. The van der Waals surface area contributed by atoms with E-state index in [1.165, 1.54) is 19.2 Å². The Labute approximate surface area is 141 Å². The van der Waals surface area contributed by atoms with E-state index in [2.05, 4.69) is 10.9 Å². The van der Waals surface area contributed by atoms with Crippen LogP contribution in [-0.2, 0) is 0 Å². The molecule has 2 aromatic rings. The van der Waals surface area contributed by atoms with Gasteiger partial charge in [0.05, 0.1) is 28.2 Å². The highest BCUT2D eigenvalue weighted by molar-refractivity contribution is 6.34. The summed E-state index contributed by atoms with van der Waals surface area (Å²) in [7, 11) is 1.42. The van der Waals surface area contributed by atoms with Gasteiger partial charge in [-0.3, -0.25) is 30.6 Å². The number of benzene rings is 2. The molecule has 0 saturated heterocycles. The van der Waals surface area contributed by atoms with E-state index in [9.17, 15) is 19.7 Å². The van der Waals surface area contributed by atoms with Gasteiger partial charge in [-0.05, 0) is 18.2 Å². The number of hydrazine groups is 1. The Morgan fingerprint density at radius 3 is 2.29 bits per heavy atom. The van der Waals surface area contributed by atoms with Gasteiger partial charge < -0.3 is 4.74 Å². The Morgan fingerprint density at radius 2 is 1.71 bits per heavy atom. The molecular weight excluding hydrogens is 338 g/mol. The number of nitro groups is 1. The highest BCUT2D eigenvalue weighted by Gasteiger charge is 2.17. The van der Waals surface area contributed by atoms with Crippen molar-refractivity contribution >= 4 is 29.1 Å². The lowest BCUT2D eigenvalue weighted by Crippen LogP contribution is -2.41. The summed E-state index contributed by atoms with van der Waals surface area (Å²) in [5.41, 5.74) is 4.39. The second-order valence-corrected chi connectivity index (χ2v) is 4.94. The van der Waals surface area contributed by atoms with Gasteiger partial charge in [0.15, 0.2) is 0 Å². The molecule has 0 unspecified atom stereocenters. The van der Waals surface area contributed by atoms with E-state index in [4.69, 9.17) is 16.3 Å². The van der Waals surface area contributed by atoms with Crippen molar-refractivity contribution in [3.05, 3.63) is 68.7 Å². The van der Waals surface area contributed by atoms with Crippen molar-refractivity contribution in [3.63, 3.8) is 0 Å². The van der Waals surface area contributed by atoms with Gasteiger partial charge in [0, 0.05) is 12.1 Å². The Kier molecular flexibility index (Phi) is 5.33. The smallest absolute Gasteiger partial charge is 0.273 e. The lowest BCUT2D eigenvalue weighted by atomic mass is 10.2. The molecule has 0 aliphatic rings. The van der Waals surface area contributed by atoms with E-state index in [0.29, 0.717) is 5.75 Å². The van der Waals surface area contributed by atoms with E-state index in [0.717, 1.165) is 12.1 Å². The topological polar surface area (TPSA) is 111 Å². The Balaban J connectivity index is 2.08. The van der Waals surface area contributed by atoms with Crippen molar-refractivity contribution < 1.29 is 19.2 Å². The first kappa shape index (κ1) is 17.2. The minimum Gasteiger partial charge on any atom is -0.496 e. The average Bonchev–Trinajstić information content (AvgIpc) is 2.59. The molecule has 124 valence electrons. The number of halogens is 1. The standard InChI is InChI=1S/C15H12ClN3O5/c1-24-13-5-3-2-4-11(13)15(21)18-17-14(20)10-7-6-9(19(22)23)8-12(10)16/h2-8H,1H3,(H,17,20)(H,18,21). The number of rotatable bonds is 4. The number of carbonyl (C=O) groups is 2. The van der Waals surface area contributed by atoms with Gasteiger partial charge in [0.25, 0.3) is 17.5 Å². The van der Waals surface area contributed by atoms with Crippen molar-refractivity contribution in [1.82, 2.24) is 10.9 Å². The van der Waals surface area contributed by atoms with Crippen molar-refractivity contribution in [2.24, 2.45) is 0 Å². The van der Waals surface area contributed by atoms with Gasteiger partial charge in [0.1, 0.15) is 5.75 Å². The number of nitrogens with one attached hydrogen (secondary N) is 2. The molecule has 9 heteroatoms. The molecule has 0 aromatic heterocycles. The van der Waals surface area contributed by atoms with Crippen LogP contribution >= 0.6 is 11.6 Å². The Bertz CT molecular complexity index is 809. The summed E-state index contributed by atoms with van der Waals surface area (Å²) >= 11 is 5.85. The first-order chi connectivity index (χ1) is 11.4. The van der Waals surface area contributed by atoms with Crippen LogP contribution in [0.25, 0.3) is 0 Å². The van der Waals surface area contributed by atoms with Crippen LogP contribution in [0.15, 0.2) is 42.5 Å². The monoisotopic (exact) mass is 349 g/mol. The molecule has 2 rings (SSSR count). The predicted octanol–water partition coefficient (Wildman–Crippen LogP) is 2.33. The third-order valence-corrected chi connectivity index (χ3v) is 3.36. The molecule has 2 aromatic carbocycles. The van der Waals surface area contributed by atoms with Crippen LogP contribution in [0.1, 0.15) is 20.7 Å². The summed E-state index contributed by atoms with van der Waals surface area (Å²) in [6.07, 6.45) is 0. The van der Waals surface area contributed by atoms with Crippen LogP contribution < -0.4 is 15.6 Å². The summed E-state index contributed by atoms with van der Waals surface area (Å²) in [5.74, 6) is -0.949.